The lowest BCUT2D eigenvalue weighted by molar-refractivity contribution is 0.596. The first-order valence-corrected chi connectivity index (χ1v) is 8.08. The van der Waals surface area contributed by atoms with E-state index in [1.54, 1.807) is 0 Å². The Morgan fingerprint density at radius 2 is 1.82 bits per heavy atom. The maximum absolute atomic E-state index is 5.86. The highest BCUT2D eigenvalue weighted by Gasteiger charge is 2.24. The fourth-order valence-electron chi connectivity index (χ4n) is 3.24. The van der Waals surface area contributed by atoms with Crippen molar-refractivity contribution < 1.29 is 0 Å². The van der Waals surface area contributed by atoms with Crippen LogP contribution in [0.1, 0.15) is 48.5 Å². The second-order valence-electron chi connectivity index (χ2n) is 6.19. The average molecular weight is 296 g/mol. The van der Waals surface area contributed by atoms with Crippen LogP contribution in [0.3, 0.4) is 0 Å². The zero-order valence-corrected chi connectivity index (χ0v) is 13.4. The Hall–Kier alpha value is -2.10. The van der Waals surface area contributed by atoms with Gasteiger partial charge in [0.25, 0.3) is 0 Å². The number of benzene rings is 1. The summed E-state index contributed by atoms with van der Waals surface area (Å²) in [7, 11) is 0. The number of aromatic nitrogens is 2. The number of hydrogen-bond acceptors (Lipinski definition) is 4. The van der Waals surface area contributed by atoms with Crippen LogP contribution in [0.2, 0.25) is 0 Å². The van der Waals surface area contributed by atoms with E-state index in [-0.39, 0.29) is 0 Å². The van der Waals surface area contributed by atoms with Crippen molar-refractivity contribution in [3.05, 3.63) is 47.2 Å². The molecule has 1 atom stereocenters. The Kier molecular flexibility index (Phi) is 4.27. The molecule has 2 N–H and O–H groups in total. The quantitative estimate of drug-likeness (QED) is 0.916. The molecule has 4 heteroatoms. The predicted molar refractivity (Wildman–Crippen MR) is 90.9 cm³/mol. The normalized spacial score (nSPS) is 19.0. The molecule has 1 aromatic heterocycles. The van der Waals surface area contributed by atoms with E-state index in [1.165, 1.54) is 30.4 Å². The van der Waals surface area contributed by atoms with Crippen LogP contribution >= 0.6 is 0 Å². The summed E-state index contributed by atoms with van der Waals surface area (Å²) in [5, 5.41) is 0. The van der Waals surface area contributed by atoms with Gasteiger partial charge in [0.1, 0.15) is 5.82 Å². The van der Waals surface area contributed by atoms with Gasteiger partial charge in [0, 0.05) is 18.3 Å². The van der Waals surface area contributed by atoms with Crippen molar-refractivity contribution in [2.75, 3.05) is 17.2 Å². The molecule has 4 nitrogen and oxygen atoms in total. The van der Waals surface area contributed by atoms with Crippen LogP contribution in [0.25, 0.3) is 0 Å². The first-order valence-electron chi connectivity index (χ1n) is 8.08. The fraction of sp³-hybridized carbons (Fsp3) is 0.444. The average Bonchev–Trinajstić information content (AvgIpc) is 2.73. The second kappa shape index (κ2) is 6.34. The number of hydrogen-bond donors (Lipinski definition) is 1. The Morgan fingerprint density at radius 1 is 1.05 bits per heavy atom. The largest absolute Gasteiger partial charge is 0.368 e. The summed E-state index contributed by atoms with van der Waals surface area (Å²) < 4.78 is 0. The summed E-state index contributed by atoms with van der Waals surface area (Å²) >= 11 is 0. The first-order chi connectivity index (χ1) is 10.6. The summed E-state index contributed by atoms with van der Waals surface area (Å²) in [6.07, 6.45) is 4.89. The number of aryl methyl sites for hydroxylation is 2. The molecular weight excluding hydrogens is 272 g/mol. The Morgan fingerprint density at radius 3 is 2.55 bits per heavy atom. The molecule has 0 aliphatic carbocycles. The molecule has 1 aromatic carbocycles. The third-order valence-corrected chi connectivity index (χ3v) is 4.37. The summed E-state index contributed by atoms with van der Waals surface area (Å²) in [5.74, 6) is 1.32. The van der Waals surface area contributed by atoms with Crippen LogP contribution in [0.5, 0.6) is 0 Å². The van der Waals surface area contributed by atoms with Crippen molar-refractivity contribution in [3.63, 3.8) is 0 Å². The van der Waals surface area contributed by atoms with Crippen molar-refractivity contribution in [2.45, 2.75) is 45.6 Å². The zero-order chi connectivity index (χ0) is 15.5. The smallest absolute Gasteiger partial charge is 0.222 e. The van der Waals surface area contributed by atoms with Crippen LogP contribution < -0.4 is 10.6 Å². The summed E-state index contributed by atoms with van der Waals surface area (Å²) in [5.41, 5.74) is 9.45. The van der Waals surface area contributed by atoms with Crippen molar-refractivity contribution >= 4 is 11.8 Å². The van der Waals surface area contributed by atoms with E-state index in [9.17, 15) is 0 Å². The van der Waals surface area contributed by atoms with Gasteiger partial charge in [-0.3, -0.25) is 0 Å². The molecule has 0 bridgehead atoms. The molecule has 1 unspecified atom stereocenters. The van der Waals surface area contributed by atoms with Gasteiger partial charge in [-0.2, -0.15) is 4.98 Å². The molecule has 0 amide bonds. The lowest BCUT2D eigenvalue weighted by atomic mass is 9.99. The Bertz CT molecular complexity index is 616. The van der Waals surface area contributed by atoms with Gasteiger partial charge >= 0.3 is 0 Å². The minimum Gasteiger partial charge on any atom is -0.368 e. The van der Waals surface area contributed by atoms with Gasteiger partial charge < -0.3 is 10.6 Å². The zero-order valence-electron chi connectivity index (χ0n) is 13.4. The van der Waals surface area contributed by atoms with Crippen molar-refractivity contribution in [1.82, 2.24) is 9.97 Å². The third-order valence-electron chi connectivity index (χ3n) is 4.37. The second-order valence-corrected chi connectivity index (χ2v) is 6.19. The highest BCUT2D eigenvalue weighted by molar-refractivity contribution is 5.46. The maximum atomic E-state index is 5.86. The van der Waals surface area contributed by atoms with E-state index in [0.717, 1.165) is 24.5 Å². The minimum absolute atomic E-state index is 0.363. The van der Waals surface area contributed by atoms with Gasteiger partial charge in [0.2, 0.25) is 5.95 Å². The summed E-state index contributed by atoms with van der Waals surface area (Å²) in [6.45, 7) is 5.12. The van der Waals surface area contributed by atoms with E-state index < -0.39 is 0 Å². The number of rotatable bonds is 2. The molecular formula is C18H24N4. The molecule has 2 heterocycles. The molecule has 0 spiro atoms. The SMILES string of the molecule is Cc1ccc(C2CCCCCN2c2cc(C)nc(N)n2)cc1. The van der Waals surface area contributed by atoms with Gasteiger partial charge in [-0.1, -0.05) is 42.7 Å². The van der Waals surface area contributed by atoms with E-state index in [1.807, 2.05) is 13.0 Å². The van der Waals surface area contributed by atoms with Gasteiger partial charge in [-0.05, 0) is 32.3 Å². The fourth-order valence-corrected chi connectivity index (χ4v) is 3.24. The predicted octanol–water partition coefficient (Wildman–Crippen LogP) is 3.80. The standard InChI is InChI=1S/C18H24N4/c1-13-7-9-15(10-8-13)16-6-4-3-5-11-22(16)17-12-14(2)20-18(19)21-17/h7-10,12,16H,3-6,11H2,1-2H3,(H2,19,20,21). The molecule has 2 aromatic rings. The monoisotopic (exact) mass is 296 g/mol. The van der Waals surface area contributed by atoms with E-state index in [0.29, 0.717) is 12.0 Å². The van der Waals surface area contributed by atoms with Crippen LogP contribution in [0, 0.1) is 13.8 Å². The van der Waals surface area contributed by atoms with Crippen molar-refractivity contribution in [1.29, 1.82) is 0 Å². The Labute approximate surface area is 132 Å². The first kappa shape index (κ1) is 14.8. The Balaban J connectivity index is 1.98. The van der Waals surface area contributed by atoms with Crippen LogP contribution in [0.15, 0.2) is 30.3 Å². The lowest BCUT2D eigenvalue weighted by Crippen LogP contribution is -2.29. The highest BCUT2D eigenvalue weighted by Crippen LogP contribution is 2.33. The summed E-state index contributed by atoms with van der Waals surface area (Å²) in [6, 6.07) is 11.3. The third kappa shape index (κ3) is 3.21. The number of anilines is 2. The highest BCUT2D eigenvalue weighted by atomic mass is 15.2. The molecule has 1 saturated heterocycles. The minimum atomic E-state index is 0.363. The molecule has 1 fully saturated rings. The molecule has 116 valence electrons. The molecule has 1 aliphatic rings. The molecule has 22 heavy (non-hydrogen) atoms. The molecule has 0 saturated carbocycles. The van der Waals surface area contributed by atoms with E-state index in [2.05, 4.69) is 46.1 Å². The van der Waals surface area contributed by atoms with E-state index in [4.69, 9.17) is 5.73 Å². The van der Waals surface area contributed by atoms with Crippen molar-refractivity contribution in [3.8, 4) is 0 Å². The van der Waals surface area contributed by atoms with Crippen LogP contribution in [-0.4, -0.2) is 16.5 Å². The summed E-state index contributed by atoms with van der Waals surface area (Å²) in [4.78, 5) is 11.1. The topological polar surface area (TPSA) is 55.0 Å². The number of nitrogens with two attached hydrogens (primary N) is 1. The van der Waals surface area contributed by atoms with Gasteiger partial charge in [0.15, 0.2) is 0 Å². The molecule has 1 aliphatic heterocycles. The van der Waals surface area contributed by atoms with Crippen LogP contribution in [-0.2, 0) is 0 Å². The van der Waals surface area contributed by atoms with E-state index >= 15 is 0 Å². The molecule has 3 rings (SSSR count). The number of nitrogens with zero attached hydrogens (tertiary/aromatic N) is 3. The van der Waals surface area contributed by atoms with Crippen molar-refractivity contribution in [2.24, 2.45) is 0 Å². The van der Waals surface area contributed by atoms with Crippen LogP contribution in [0.4, 0.5) is 11.8 Å². The number of nitrogen functional groups attached to an aromatic ring is 1. The maximum Gasteiger partial charge on any atom is 0.222 e. The van der Waals surface area contributed by atoms with Gasteiger partial charge in [-0.15, -0.1) is 0 Å². The van der Waals surface area contributed by atoms with Gasteiger partial charge in [-0.25, -0.2) is 4.98 Å². The lowest BCUT2D eigenvalue weighted by Gasteiger charge is -2.31. The molecule has 0 radical (unpaired) electrons. The van der Waals surface area contributed by atoms with Gasteiger partial charge in [0.05, 0.1) is 6.04 Å².